The minimum Gasteiger partial charge on any atom is -0.480 e. The SMILES string of the molecule is Cc1nc(CN2Cc3ccccc3CC2C(=O)O)sc1C. The van der Waals surface area contributed by atoms with E-state index >= 15 is 0 Å². The number of thiazole rings is 1. The molecule has 0 saturated carbocycles. The van der Waals surface area contributed by atoms with E-state index in [1.807, 2.05) is 30.0 Å². The largest absolute Gasteiger partial charge is 0.480 e. The minimum absolute atomic E-state index is 0.468. The predicted molar refractivity (Wildman–Crippen MR) is 82.4 cm³/mol. The summed E-state index contributed by atoms with van der Waals surface area (Å²) in [6, 6.07) is 7.62. The van der Waals surface area contributed by atoms with Crippen LogP contribution in [0.25, 0.3) is 0 Å². The van der Waals surface area contributed by atoms with Crippen LogP contribution in [-0.2, 0) is 24.3 Å². The van der Waals surface area contributed by atoms with Gasteiger partial charge in [0.15, 0.2) is 0 Å². The van der Waals surface area contributed by atoms with E-state index in [1.165, 1.54) is 10.4 Å². The van der Waals surface area contributed by atoms with Crippen molar-refractivity contribution >= 4 is 17.3 Å². The lowest BCUT2D eigenvalue weighted by Gasteiger charge is -2.33. The van der Waals surface area contributed by atoms with Crippen molar-refractivity contribution in [2.24, 2.45) is 0 Å². The highest BCUT2D eigenvalue weighted by Gasteiger charge is 2.31. The van der Waals surface area contributed by atoms with Crippen LogP contribution < -0.4 is 0 Å². The van der Waals surface area contributed by atoms with Gasteiger partial charge in [-0.05, 0) is 31.4 Å². The zero-order valence-corrected chi connectivity index (χ0v) is 13.0. The molecule has 110 valence electrons. The fourth-order valence-corrected chi connectivity index (χ4v) is 3.73. The maximum Gasteiger partial charge on any atom is 0.321 e. The Balaban J connectivity index is 1.87. The number of benzene rings is 1. The van der Waals surface area contributed by atoms with Crippen LogP contribution in [0.4, 0.5) is 0 Å². The van der Waals surface area contributed by atoms with Crippen LogP contribution in [-0.4, -0.2) is 27.0 Å². The van der Waals surface area contributed by atoms with E-state index in [0.29, 0.717) is 19.5 Å². The fourth-order valence-electron chi connectivity index (χ4n) is 2.77. The molecule has 21 heavy (non-hydrogen) atoms. The highest BCUT2D eigenvalue weighted by atomic mass is 32.1. The molecule has 0 saturated heterocycles. The van der Waals surface area contributed by atoms with Gasteiger partial charge in [-0.15, -0.1) is 11.3 Å². The van der Waals surface area contributed by atoms with Crippen molar-refractivity contribution in [1.29, 1.82) is 0 Å². The topological polar surface area (TPSA) is 53.4 Å². The monoisotopic (exact) mass is 302 g/mol. The summed E-state index contributed by atoms with van der Waals surface area (Å²) >= 11 is 1.66. The summed E-state index contributed by atoms with van der Waals surface area (Å²) in [5, 5.41) is 10.5. The summed E-state index contributed by atoms with van der Waals surface area (Å²) in [5.41, 5.74) is 3.41. The van der Waals surface area contributed by atoms with E-state index in [-0.39, 0.29) is 0 Å². The molecule has 1 N–H and O–H groups in total. The molecular formula is C16H18N2O2S. The molecule has 1 aliphatic heterocycles. The zero-order chi connectivity index (χ0) is 15.0. The van der Waals surface area contributed by atoms with E-state index in [0.717, 1.165) is 16.3 Å². The van der Waals surface area contributed by atoms with Crippen molar-refractivity contribution in [2.45, 2.75) is 39.4 Å². The van der Waals surface area contributed by atoms with Crippen molar-refractivity contribution in [1.82, 2.24) is 9.88 Å². The quantitative estimate of drug-likeness (QED) is 0.947. The summed E-state index contributed by atoms with van der Waals surface area (Å²) in [7, 11) is 0. The van der Waals surface area contributed by atoms with Gasteiger partial charge < -0.3 is 5.11 Å². The van der Waals surface area contributed by atoms with Crippen molar-refractivity contribution in [2.75, 3.05) is 0 Å². The van der Waals surface area contributed by atoms with E-state index in [9.17, 15) is 9.90 Å². The Kier molecular flexibility index (Phi) is 3.78. The number of aryl methyl sites for hydroxylation is 2. The Hall–Kier alpha value is -1.72. The molecule has 0 bridgehead atoms. The van der Waals surface area contributed by atoms with Gasteiger partial charge in [0.05, 0.1) is 12.2 Å². The van der Waals surface area contributed by atoms with Crippen LogP contribution >= 0.6 is 11.3 Å². The Bertz CT molecular complexity index is 661. The smallest absolute Gasteiger partial charge is 0.321 e. The van der Waals surface area contributed by atoms with Crippen LogP contribution in [0, 0.1) is 13.8 Å². The molecule has 1 aliphatic rings. The van der Waals surface area contributed by atoms with Crippen molar-refractivity contribution in [3.63, 3.8) is 0 Å². The summed E-state index contributed by atoms with van der Waals surface area (Å²) in [6.45, 7) is 5.32. The molecule has 1 unspecified atom stereocenters. The number of carbonyl (C=O) groups is 1. The van der Waals surface area contributed by atoms with Gasteiger partial charge in [0, 0.05) is 11.4 Å². The highest BCUT2D eigenvalue weighted by Crippen LogP contribution is 2.26. The maximum absolute atomic E-state index is 11.6. The molecule has 0 aliphatic carbocycles. The third-order valence-electron chi connectivity index (χ3n) is 4.04. The second kappa shape index (κ2) is 5.58. The number of aromatic nitrogens is 1. The van der Waals surface area contributed by atoms with Crippen LogP contribution in [0.5, 0.6) is 0 Å². The van der Waals surface area contributed by atoms with Crippen LogP contribution in [0.2, 0.25) is 0 Å². The van der Waals surface area contributed by atoms with Gasteiger partial charge >= 0.3 is 5.97 Å². The molecule has 1 aromatic carbocycles. The second-order valence-corrected chi connectivity index (χ2v) is 6.77. The molecule has 0 amide bonds. The number of nitrogens with zero attached hydrogens (tertiary/aromatic N) is 2. The van der Waals surface area contributed by atoms with E-state index in [4.69, 9.17) is 0 Å². The third-order valence-corrected chi connectivity index (χ3v) is 5.10. The molecule has 5 heteroatoms. The number of rotatable bonds is 3. The van der Waals surface area contributed by atoms with Gasteiger partial charge in [-0.3, -0.25) is 9.69 Å². The number of hydrogen-bond acceptors (Lipinski definition) is 4. The molecule has 0 radical (unpaired) electrons. The lowest BCUT2D eigenvalue weighted by atomic mass is 9.94. The van der Waals surface area contributed by atoms with Crippen LogP contribution in [0.15, 0.2) is 24.3 Å². The molecule has 1 aromatic heterocycles. The maximum atomic E-state index is 11.6. The number of carboxylic acid groups (broad SMARTS) is 1. The summed E-state index contributed by atoms with van der Waals surface area (Å²) in [4.78, 5) is 19.3. The average molecular weight is 302 g/mol. The number of hydrogen-bond donors (Lipinski definition) is 1. The van der Waals surface area contributed by atoms with Gasteiger partial charge in [-0.25, -0.2) is 4.98 Å². The Morgan fingerprint density at radius 2 is 2.10 bits per heavy atom. The first-order valence-electron chi connectivity index (χ1n) is 7.01. The normalized spacial score (nSPS) is 18.5. The van der Waals surface area contributed by atoms with Gasteiger partial charge in [-0.2, -0.15) is 0 Å². The average Bonchev–Trinajstić information content (AvgIpc) is 2.76. The molecule has 0 spiro atoms. The highest BCUT2D eigenvalue weighted by molar-refractivity contribution is 7.11. The molecule has 0 fully saturated rings. The van der Waals surface area contributed by atoms with E-state index < -0.39 is 12.0 Å². The van der Waals surface area contributed by atoms with Crippen LogP contribution in [0.1, 0.15) is 26.7 Å². The van der Waals surface area contributed by atoms with Gasteiger partial charge in [0.2, 0.25) is 0 Å². The molecule has 2 aromatic rings. The van der Waals surface area contributed by atoms with E-state index in [1.54, 1.807) is 11.3 Å². The number of fused-ring (bicyclic) bond motifs is 1. The first kappa shape index (κ1) is 14.2. The van der Waals surface area contributed by atoms with Crippen molar-refractivity contribution < 1.29 is 9.90 Å². The Labute approximate surface area is 128 Å². The predicted octanol–water partition coefficient (Wildman–Crippen LogP) is 2.77. The minimum atomic E-state index is -0.755. The summed E-state index contributed by atoms with van der Waals surface area (Å²) < 4.78 is 0. The summed E-state index contributed by atoms with van der Waals surface area (Å²) in [6.07, 6.45) is 0.564. The second-order valence-electron chi connectivity index (χ2n) is 5.48. The Morgan fingerprint density at radius 3 is 2.71 bits per heavy atom. The van der Waals surface area contributed by atoms with Gasteiger partial charge in [0.25, 0.3) is 0 Å². The fraction of sp³-hybridized carbons (Fsp3) is 0.375. The number of aliphatic carboxylic acids is 1. The number of carboxylic acids is 1. The first-order chi connectivity index (χ1) is 10.0. The first-order valence-corrected chi connectivity index (χ1v) is 7.83. The van der Waals surface area contributed by atoms with Crippen LogP contribution in [0.3, 0.4) is 0 Å². The van der Waals surface area contributed by atoms with Crippen molar-refractivity contribution in [3.8, 4) is 0 Å². The Morgan fingerprint density at radius 1 is 1.38 bits per heavy atom. The van der Waals surface area contributed by atoms with Gasteiger partial charge in [0.1, 0.15) is 11.0 Å². The summed E-state index contributed by atoms with van der Waals surface area (Å²) in [5.74, 6) is -0.755. The molecule has 1 atom stereocenters. The van der Waals surface area contributed by atoms with Gasteiger partial charge in [-0.1, -0.05) is 24.3 Å². The molecule has 4 nitrogen and oxygen atoms in total. The third kappa shape index (κ3) is 2.84. The molecule has 3 rings (SSSR count). The zero-order valence-electron chi connectivity index (χ0n) is 12.2. The van der Waals surface area contributed by atoms with Crippen molar-refractivity contribution in [3.05, 3.63) is 51.0 Å². The molecular weight excluding hydrogens is 284 g/mol. The lowest BCUT2D eigenvalue weighted by Crippen LogP contribution is -2.44. The standard InChI is InChI=1S/C16H18N2O2S/c1-10-11(2)21-15(17-10)9-18-8-13-6-4-3-5-12(13)7-14(18)16(19)20/h3-6,14H,7-9H2,1-2H3,(H,19,20). The molecule has 2 heterocycles. The van der Waals surface area contributed by atoms with E-state index in [2.05, 4.69) is 18.0 Å². The lowest BCUT2D eigenvalue weighted by molar-refractivity contribution is -0.144.